The minimum absolute atomic E-state index is 0.0277. The molecule has 4 rings (SSSR count). The second-order valence-electron chi connectivity index (χ2n) is 6.52. The molecule has 9 heteroatoms. The third kappa shape index (κ3) is 4.23. The van der Waals surface area contributed by atoms with Gasteiger partial charge in [0.15, 0.2) is 0 Å². The highest BCUT2D eigenvalue weighted by molar-refractivity contribution is 8.20. The van der Waals surface area contributed by atoms with Crippen molar-refractivity contribution in [3.05, 3.63) is 87.6 Å². The number of thiocarbonyl (C=S) groups is 1. The summed E-state index contributed by atoms with van der Waals surface area (Å²) in [4.78, 5) is 25.7. The normalized spacial score (nSPS) is 15.0. The average Bonchev–Trinajstić information content (AvgIpc) is 3.33. The molecular weight excluding hydrogens is 434 g/mol. The van der Waals surface area contributed by atoms with Gasteiger partial charge in [-0.3, -0.25) is 19.8 Å². The molecule has 7 nitrogen and oxygen atoms in total. The molecule has 1 fully saturated rings. The zero-order chi connectivity index (χ0) is 22.0. The molecule has 1 amide bonds. The minimum atomic E-state index is -0.433. The zero-order valence-corrected chi connectivity index (χ0v) is 18.1. The lowest BCUT2D eigenvalue weighted by molar-refractivity contribution is -0.384. The average molecular weight is 452 g/mol. The molecule has 0 unspecified atom stereocenters. The Kier molecular flexibility index (Phi) is 5.88. The second-order valence-corrected chi connectivity index (χ2v) is 7.90. The monoisotopic (exact) mass is 451 g/mol. The van der Waals surface area contributed by atoms with Crippen LogP contribution in [0, 0.1) is 10.1 Å². The molecule has 0 atom stereocenters. The highest BCUT2D eigenvalue weighted by Gasteiger charge is 2.33. The third-order valence-electron chi connectivity index (χ3n) is 4.60. The van der Waals surface area contributed by atoms with Crippen molar-refractivity contribution in [3.8, 4) is 11.4 Å². The maximum Gasteiger partial charge on any atom is 0.296 e. The molecule has 1 aliphatic heterocycles. The fourth-order valence-corrected chi connectivity index (χ4v) is 4.43. The number of nitro groups is 1. The number of carbonyl (C=O) groups is 1. The fourth-order valence-electron chi connectivity index (χ4n) is 3.16. The van der Waals surface area contributed by atoms with Gasteiger partial charge in [0, 0.05) is 29.7 Å². The van der Waals surface area contributed by atoms with Gasteiger partial charge in [-0.25, -0.2) is 0 Å². The summed E-state index contributed by atoms with van der Waals surface area (Å²) < 4.78 is 7.33. The van der Waals surface area contributed by atoms with Crippen molar-refractivity contribution in [2.24, 2.45) is 0 Å². The molecule has 156 valence electrons. The van der Waals surface area contributed by atoms with Crippen LogP contribution in [0.15, 0.2) is 71.8 Å². The first kappa shape index (κ1) is 20.8. The lowest BCUT2D eigenvalue weighted by atomic mass is 10.2. The summed E-state index contributed by atoms with van der Waals surface area (Å²) in [6.45, 7) is 2.48. The number of carbonyl (C=O) groups excluding carboxylic acids is 1. The van der Waals surface area contributed by atoms with E-state index in [2.05, 4.69) is 0 Å². The Labute approximate surface area is 188 Å². The van der Waals surface area contributed by atoms with Crippen LogP contribution in [0.2, 0.25) is 0 Å². The molecule has 2 heterocycles. The highest BCUT2D eigenvalue weighted by Crippen LogP contribution is 2.37. The van der Waals surface area contributed by atoms with Crippen molar-refractivity contribution < 1.29 is 14.5 Å². The van der Waals surface area contributed by atoms with Gasteiger partial charge in [-0.05, 0) is 73.3 Å². The summed E-state index contributed by atoms with van der Waals surface area (Å²) in [5.41, 5.74) is 2.28. The Balaban J connectivity index is 1.60. The Morgan fingerprint density at radius 1 is 1.10 bits per heavy atom. The number of anilines is 1. The number of ether oxygens (including phenoxy) is 1. The van der Waals surface area contributed by atoms with Gasteiger partial charge in [-0.15, -0.1) is 0 Å². The van der Waals surface area contributed by atoms with Crippen molar-refractivity contribution >= 4 is 51.7 Å². The van der Waals surface area contributed by atoms with E-state index in [1.165, 1.54) is 17.0 Å². The van der Waals surface area contributed by atoms with Crippen LogP contribution in [-0.4, -0.2) is 26.3 Å². The van der Waals surface area contributed by atoms with Gasteiger partial charge in [-0.1, -0.05) is 12.2 Å². The SMILES string of the molecule is CCOc1ccc(N2C(=O)S/C(=C\c3cccn3-c3ccc([N+](=O)[O-])cc3)C2=S)cc1. The molecule has 0 spiro atoms. The van der Waals surface area contributed by atoms with Crippen LogP contribution in [0.25, 0.3) is 11.8 Å². The van der Waals surface area contributed by atoms with Gasteiger partial charge < -0.3 is 9.30 Å². The van der Waals surface area contributed by atoms with Crippen molar-refractivity contribution in [2.45, 2.75) is 6.92 Å². The standard InChI is InChI=1S/C22H17N3O4S2/c1-2-29-19-11-9-16(10-12-19)24-21(30)20(31-22(24)26)14-18-4-3-13-23(18)15-5-7-17(8-6-15)25(27)28/h3-14H,2H2,1H3/b20-14-. The van der Waals surface area contributed by atoms with Crippen molar-refractivity contribution in [3.63, 3.8) is 0 Å². The number of non-ortho nitro benzene ring substituents is 1. The van der Waals surface area contributed by atoms with Crippen LogP contribution in [0.5, 0.6) is 5.75 Å². The van der Waals surface area contributed by atoms with E-state index in [0.29, 0.717) is 22.2 Å². The number of hydrogen-bond donors (Lipinski definition) is 0. The lowest BCUT2D eigenvalue weighted by Gasteiger charge is -2.15. The number of rotatable bonds is 6. The number of thioether (sulfide) groups is 1. The number of aromatic nitrogens is 1. The molecule has 3 aromatic rings. The van der Waals surface area contributed by atoms with E-state index in [0.717, 1.165) is 28.9 Å². The summed E-state index contributed by atoms with van der Waals surface area (Å²) >= 11 is 6.66. The zero-order valence-electron chi connectivity index (χ0n) is 16.4. The number of amides is 1. The Hall–Kier alpha value is -3.43. The Morgan fingerprint density at radius 3 is 2.42 bits per heavy atom. The van der Waals surface area contributed by atoms with Gasteiger partial charge in [0.2, 0.25) is 0 Å². The van der Waals surface area contributed by atoms with Crippen LogP contribution >= 0.6 is 24.0 Å². The van der Waals surface area contributed by atoms with Gasteiger partial charge in [-0.2, -0.15) is 0 Å². The maximum absolute atomic E-state index is 12.6. The van der Waals surface area contributed by atoms with Gasteiger partial charge in [0.05, 0.1) is 22.1 Å². The number of benzene rings is 2. The number of hydrogen-bond acceptors (Lipinski definition) is 6. The van der Waals surface area contributed by atoms with E-state index in [4.69, 9.17) is 17.0 Å². The molecule has 31 heavy (non-hydrogen) atoms. The minimum Gasteiger partial charge on any atom is -0.494 e. The summed E-state index contributed by atoms with van der Waals surface area (Å²) in [5, 5.41) is 10.7. The van der Waals surface area contributed by atoms with E-state index >= 15 is 0 Å². The largest absolute Gasteiger partial charge is 0.494 e. The molecule has 1 aliphatic rings. The summed E-state index contributed by atoms with van der Waals surface area (Å²) in [6.07, 6.45) is 3.70. The van der Waals surface area contributed by atoms with E-state index in [9.17, 15) is 14.9 Å². The second kappa shape index (κ2) is 8.75. The van der Waals surface area contributed by atoms with Crippen LogP contribution < -0.4 is 9.64 Å². The maximum atomic E-state index is 12.6. The van der Waals surface area contributed by atoms with Crippen LogP contribution in [-0.2, 0) is 0 Å². The van der Waals surface area contributed by atoms with E-state index in [1.54, 1.807) is 36.4 Å². The van der Waals surface area contributed by atoms with Crippen molar-refractivity contribution in [1.82, 2.24) is 4.57 Å². The molecule has 1 saturated heterocycles. The Morgan fingerprint density at radius 2 is 1.77 bits per heavy atom. The summed E-state index contributed by atoms with van der Waals surface area (Å²) in [5.74, 6) is 0.730. The van der Waals surface area contributed by atoms with Crippen LogP contribution in [0.3, 0.4) is 0 Å². The van der Waals surface area contributed by atoms with Gasteiger partial charge in [0.25, 0.3) is 10.9 Å². The summed E-state index contributed by atoms with van der Waals surface area (Å²) in [6, 6.07) is 17.2. The topological polar surface area (TPSA) is 77.6 Å². The quantitative estimate of drug-likeness (QED) is 0.203. The third-order valence-corrected chi connectivity index (χ3v) is 6.02. The van der Waals surface area contributed by atoms with Gasteiger partial charge >= 0.3 is 0 Å². The van der Waals surface area contributed by atoms with Crippen molar-refractivity contribution in [1.29, 1.82) is 0 Å². The molecule has 1 aromatic heterocycles. The molecular formula is C22H17N3O4S2. The molecule has 0 radical (unpaired) electrons. The molecule has 0 N–H and O–H groups in total. The smallest absolute Gasteiger partial charge is 0.296 e. The molecule has 0 aliphatic carbocycles. The van der Waals surface area contributed by atoms with E-state index in [1.807, 2.05) is 35.9 Å². The first-order valence-electron chi connectivity index (χ1n) is 9.41. The predicted octanol–water partition coefficient (Wildman–Crippen LogP) is 5.83. The molecule has 2 aromatic carbocycles. The summed E-state index contributed by atoms with van der Waals surface area (Å²) in [7, 11) is 0. The molecule has 0 saturated carbocycles. The first-order chi connectivity index (χ1) is 15.0. The van der Waals surface area contributed by atoms with Crippen LogP contribution in [0.1, 0.15) is 12.6 Å². The number of nitrogens with zero attached hydrogens (tertiary/aromatic N) is 3. The highest BCUT2D eigenvalue weighted by atomic mass is 32.2. The van der Waals surface area contributed by atoms with E-state index in [-0.39, 0.29) is 10.9 Å². The van der Waals surface area contributed by atoms with Crippen molar-refractivity contribution in [2.75, 3.05) is 11.5 Å². The first-order valence-corrected chi connectivity index (χ1v) is 10.6. The Bertz CT molecular complexity index is 1180. The van der Waals surface area contributed by atoms with Gasteiger partial charge in [0.1, 0.15) is 10.7 Å². The lowest BCUT2D eigenvalue weighted by Crippen LogP contribution is -2.26. The fraction of sp³-hybridized carbons (Fsp3) is 0.0909. The predicted molar refractivity (Wildman–Crippen MR) is 126 cm³/mol. The van der Waals surface area contributed by atoms with Crippen LogP contribution in [0.4, 0.5) is 16.2 Å². The van der Waals surface area contributed by atoms with E-state index < -0.39 is 4.92 Å². The molecule has 0 bridgehead atoms. The number of nitro benzene ring substituents is 1.